The van der Waals surface area contributed by atoms with Gasteiger partial charge in [-0.25, -0.2) is 15.0 Å². The Balaban J connectivity index is 1.72. The molecule has 0 bridgehead atoms. The minimum atomic E-state index is -0.411. The molecule has 0 aliphatic carbocycles. The molecule has 0 saturated heterocycles. The molecule has 5 nitrogen and oxygen atoms in total. The average Bonchev–Trinajstić information content (AvgIpc) is 2.53. The molecule has 0 amide bonds. The Morgan fingerprint density at radius 2 is 1.80 bits per heavy atom. The summed E-state index contributed by atoms with van der Waals surface area (Å²) >= 11 is 5.90. The van der Waals surface area contributed by atoms with E-state index in [9.17, 15) is 4.79 Å². The zero-order valence-electron chi connectivity index (χ0n) is 15.0. The first-order valence-corrected chi connectivity index (χ1v) is 8.86. The number of carbonyl (C=O) groups is 1. The zero-order chi connectivity index (χ0) is 18.3. The third-order valence-corrected chi connectivity index (χ3v) is 3.67. The lowest BCUT2D eigenvalue weighted by Gasteiger charge is -2.19. The molecule has 2 aromatic heterocycles. The first kappa shape index (κ1) is 19.3. The van der Waals surface area contributed by atoms with Crippen molar-refractivity contribution in [2.75, 3.05) is 0 Å². The van der Waals surface area contributed by atoms with Gasteiger partial charge in [-0.05, 0) is 51.3 Å². The fraction of sp³-hybridized carbons (Fsp3) is 0.474. The van der Waals surface area contributed by atoms with Gasteiger partial charge >= 0.3 is 5.97 Å². The SMILES string of the molecule is CC(C)(C)OC(=O)CCCCCc1ncc(-c2ccnc(Cl)c2)cn1. The van der Waals surface area contributed by atoms with Crippen molar-refractivity contribution in [2.45, 2.75) is 58.5 Å². The van der Waals surface area contributed by atoms with Gasteiger partial charge in [-0.1, -0.05) is 18.0 Å². The molecule has 2 rings (SSSR count). The van der Waals surface area contributed by atoms with Crippen molar-refractivity contribution in [3.8, 4) is 11.1 Å². The summed E-state index contributed by atoms with van der Waals surface area (Å²) in [4.78, 5) is 24.4. The van der Waals surface area contributed by atoms with Crippen molar-refractivity contribution >= 4 is 17.6 Å². The highest BCUT2D eigenvalue weighted by atomic mass is 35.5. The molecule has 0 aliphatic heterocycles. The molecule has 0 aromatic carbocycles. The molecule has 0 saturated carbocycles. The van der Waals surface area contributed by atoms with Crippen LogP contribution in [0, 0.1) is 0 Å². The lowest BCUT2D eigenvalue weighted by atomic mass is 10.1. The lowest BCUT2D eigenvalue weighted by Crippen LogP contribution is -2.23. The van der Waals surface area contributed by atoms with Crippen LogP contribution in [0.3, 0.4) is 0 Å². The number of halogens is 1. The van der Waals surface area contributed by atoms with E-state index in [0.717, 1.165) is 42.6 Å². The topological polar surface area (TPSA) is 65.0 Å². The molecular weight excluding hydrogens is 338 g/mol. The number of nitrogens with zero attached hydrogens (tertiary/aromatic N) is 3. The molecule has 0 radical (unpaired) electrons. The normalized spacial score (nSPS) is 11.4. The van der Waals surface area contributed by atoms with Gasteiger partial charge in [-0.2, -0.15) is 0 Å². The predicted molar refractivity (Wildman–Crippen MR) is 98.3 cm³/mol. The number of ether oxygens (including phenoxy) is 1. The molecule has 6 heteroatoms. The highest BCUT2D eigenvalue weighted by molar-refractivity contribution is 6.29. The molecule has 2 aromatic rings. The van der Waals surface area contributed by atoms with E-state index < -0.39 is 5.60 Å². The van der Waals surface area contributed by atoms with Gasteiger partial charge in [0.25, 0.3) is 0 Å². The van der Waals surface area contributed by atoms with Crippen LogP contribution in [0.15, 0.2) is 30.7 Å². The summed E-state index contributed by atoms with van der Waals surface area (Å²) in [6.07, 6.45) is 9.24. The summed E-state index contributed by atoms with van der Waals surface area (Å²) in [7, 11) is 0. The number of hydrogen-bond acceptors (Lipinski definition) is 5. The highest BCUT2D eigenvalue weighted by Gasteiger charge is 2.15. The Bertz CT molecular complexity index is 697. The van der Waals surface area contributed by atoms with Gasteiger partial charge < -0.3 is 4.74 Å². The van der Waals surface area contributed by atoms with Gasteiger partial charge in [0.15, 0.2) is 0 Å². The van der Waals surface area contributed by atoms with E-state index >= 15 is 0 Å². The molecule has 25 heavy (non-hydrogen) atoms. The second-order valence-corrected chi connectivity index (χ2v) is 7.29. The minimum absolute atomic E-state index is 0.135. The highest BCUT2D eigenvalue weighted by Crippen LogP contribution is 2.20. The van der Waals surface area contributed by atoms with Crippen LogP contribution < -0.4 is 0 Å². The van der Waals surface area contributed by atoms with E-state index in [2.05, 4.69) is 15.0 Å². The van der Waals surface area contributed by atoms with Crippen molar-refractivity contribution in [2.24, 2.45) is 0 Å². The number of rotatable bonds is 7. The summed E-state index contributed by atoms with van der Waals surface area (Å²) in [6, 6.07) is 3.66. The van der Waals surface area contributed by atoms with E-state index in [-0.39, 0.29) is 5.97 Å². The van der Waals surface area contributed by atoms with Crippen molar-refractivity contribution in [3.63, 3.8) is 0 Å². The largest absolute Gasteiger partial charge is 0.460 e. The number of aryl methyl sites for hydroxylation is 1. The molecule has 0 atom stereocenters. The molecule has 134 valence electrons. The maximum absolute atomic E-state index is 11.6. The van der Waals surface area contributed by atoms with E-state index in [1.807, 2.05) is 26.8 Å². The van der Waals surface area contributed by atoms with Gasteiger partial charge in [0, 0.05) is 37.0 Å². The summed E-state index contributed by atoms with van der Waals surface area (Å²) in [6.45, 7) is 5.64. The third kappa shape index (κ3) is 7.18. The van der Waals surface area contributed by atoms with Crippen LogP contribution in [0.4, 0.5) is 0 Å². The van der Waals surface area contributed by atoms with Crippen molar-refractivity contribution in [1.82, 2.24) is 15.0 Å². The Labute approximate surface area is 153 Å². The second-order valence-electron chi connectivity index (χ2n) is 6.90. The van der Waals surface area contributed by atoms with Crippen molar-refractivity contribution < 1.29 is 9.53 Å². The Hall–Kier alpha value is -2.01. The predicted octanol–water partition coefficient (Wildman–Crippen LogP) is 4.64. The smallest absolute Gasteiger partial charge is 0.306 e. The van der Waals surface area contributed by atoms with Crippen LogP contribution in [0.25, 0.3) is 11.1 Å². The second kappa shape index (κ2) is 8.90. The van der Waals surface area contributed by atoms with Gasteiger partial charge in [-0.15, -0.1) is 0 Å². The Morgan fingerprint density at radius 3 is 2.44 bits per heavy atom. The quantitative estimate of drug-likeness (QED) is 0.408. The van der Waals surface area contributed by atoms with Gasteiger partial charge in [0.2, 0.25) is 0 Å². The van der Waals surface area contributed by atoms with E-state index in [0.29, 0.717) is 11.6 Å². The van der Waals surface area contributed by atoms with E-state index in [1.165, 1.54) is 0 Å². The monoisotopic (exact) mass is 361 g/mol. The maximum Gasteiger partial charge on any atom is 0.306 e. The molecule has 0 N–H and O–H groups in total. The Kier molecular flexibility index (Phi) is 6.88. The van der Waals surface area contributed by atoms with Crippen LogP contribution in [-0.2, 0) is 16.0 Å². The standard InChI is InChI=1S/C19H24ClN3O2/c1-19(2,3)25-18(24)8-6-4-5-7-17-22-12-15(13-23-17)14-9-10-21-16(20)11-14/h9-13H,4-8H2,1-3H3. The number of hydrogen-bond donors (Lipinski definition) is 0. The number of esters is 1. The van der Waals surface area contributed by atoms with Crippen LogP contribution >= 0.6 is 11.6 Å². The fourth-order valence-electron chi connectivity index (χ4n) is 2.34. The van der Waals surface area contributed by atoms with Crippen molar-refractivity contribution in [1.29, 1.82) is 0 Å². The van der Waals surface area contributed by atoms with Gasteiger partial charge in [-0.3, -0.25) is 4.79 Å². The molecule has 0 spiro atoms. The number of carbonyl (C=O) groups excluding carboxylic acids is 1. The summed E-state index contributed by atoms with van der Waals surface area (Å²) in [5, 5.41) is 0.451. The number of pyridine rings is 1. The zero-order valence-corrected chi connectivity index (χ0v) is 15.7. The lowest BCUT2D eigenvalue weighted by molar-refractivity contribution is -0.154. The number of unbranched alkanes of at least 4 members (excludes halogenated alkanes) is 2. The van der Waals surface area contributed by atoms with Crippen LogP contribution in [0.1, 0.15) is 52.3 Å². The minimum Gasteiger partial charge on any atom is -0.460 e. The summed E-state index contributed by atoms with van der Waals surface area (Å²) in [5.74, 6) is 0.672. The fourth-order valence-corrected chi connectivity index (χ4v) is 2.51. The Morgan fingerprint density at radius 1 is 1.08 bits per heavy atom. The van der Waals surface area contributed by atoms with E-state index in [1.54, 1.807) is 24.7 Å². The molecular formula is C19H24ClN3O2. The van der Waals surface area contributed by atoms with Crippen molar-refractivity contribution in [3.05, 3.63) is 41.7 Å². The third-order valence-electron chi connectivity index (χ3n) is 3.47. The average molecular weight is 362 g/mol. The van der Waals surface area contributed by atoms with Crippen LogP contribution in [-0.4, -0.2) is 26.5 Å². The summed E-state index contributed by atoms with van der Waals surface area (Å²) in [5.41, 5.74) is 1.45. The van der Waals surface area contributed by atoms with Crippen LogP contribution in [0.5, 0.6) is 0 Å². The number of aromatic nitrogens is 3. The molecule has 2 heterocycles. The van der Waals surface area contributed by atoms with E-state index in [4.69, 9.17) is 16.3 Å². The van der Waals surface area contributed by atoms with Gasteiger partial charge in [0.05, 0.1) is 0 Å². The summed E-state index contributed by atoms with van der Waals surface area (Å²) < 4.78 is 5.29. The first-order valence-electron chi connectivity index (χ1n) is 8.48. The van der Waals surface area contributed by atoms with Gasteiger partial charge in [0.1, 0.15) is 16.6 Å². The molecule has 0 unspecified atom stereocenters. The maximum atomic E-state index is 11.6. The molecule has 0 fully saturated rings. The first-order chi connectivity index (χ1) is 11.8. The van der Waals surface area contributed by atoms with Crippen LogP contribution in [0.2, 0.25) is 5.15 Å². The molecule has 0 aliphatic rings.